The number of nitrogens with zero attached hydrogens (tertiary/aromatic N) is 5. The first-order chi connectivity index (χ1) is 13.4. The van der Waals surface area contributed by atoms with Gasteiger partial charge in [-0.1, -0.05) is 0 Å². The van der Waals surface area contributed by atoms with Crippen LogP contribution in [0, 0.1) is 6.92 Å². The molecule has 11 heteroatoms. The molecule has 2 fully saturated rings. The molecule has 4 rings (SSSR count). The lowest BCUT2D eigenvalue weighted by molar-refractivity contribution is 0.0768. The van der Waals surface area contributed by atoms with Crippen LogP contribution in [0.3, 0.4) is 0 Å². The van der Waals surface area contributed by atoms with Gasteiger partial charge in [0.05, 0.1) is 5.39 Å². The molecule has 2 aromatic rings. The van der Waals surface area contributed by atoms with Crippen molar-refractivity contribution in [1.29, 1.82) is 0 Å². The van der Waals surface area contributed by atoms with E-state index in [-0.39, 0.29) is 47.6 Å². The molecule has 0 spiro atoms. The molecule has 9 nitrogen and oxygen atoms in total. The zero-order chi connectivity index (χ0) is 20.0. The number of carbonyl (C=O) groups is 1. The summed E-state index contributed by atoms with van der Waals surface area (Å²) < 4.78 is 2.39. The Labute approximate surface area is 186 Å². The van der Waals surface area contributed by atoms with Crippen molar-refractivity contribution in [2.24, 2.45) is 14.1 Å². The second-order valence-electron chi connectivity index (χ2n) is 7.71. The Morgan fingerprint density at radius 1 is 1.10 bits per heavy atom. The Morgan fingerprint density at radius 3 is 2.43 bits per heavy atom. The highest BCUT2D eigenvalue weighted by atomic mass is 35.5. The molecule has 2 aliphatic heterocycles. The number of carbonyl (C=O) groups excluding carboxylic acids is 1. The van der Waals surface area contributed by atoms with Crippen molar-refractivity contribution in [3.05, 3.63) is 38.2 Å². The monoisotopic (exact) mass is 458 g/mol. The van der Waals surface area contributed by atoms with Crippen LogP contribution in [0.2, 0.25) is 0 Å². The average Bonchev–Trinajstić information content (AvgIpc) is 3.20. The second kappa shape index (κ2) is 9.47. The first kappa shape index (κ1) is 24.3. The Balaban J connectivity index is 0.00000160. The molecule has 166 valence electrons. The molecule has 0 saturated carbocycles. The number of piperazine rings is 1. The summed E-state index contributed by atoms with van der Waals surface area (Å²) in [6.07, 6.45) is 0.956. The maximum absolute atomic E-state index is 13.1. The highest BCUT2D eigenvalue weighted by Crippen LogP contribution is 2.20. The number of likely N-dealkylation sites (tertiary alicyclic amines) is 1. The predicted molar refractivity (Wildman–Crippen MR) is 120 cm³/mol. The third-order valence-corrected chi connectivity index (χ3v) is 5.95. The normalized spacial score (nSPS) is 19.4. The number of hydrogen-bond donors (Lipinski definition) is 1. The SMILES string of the molecule is Cc1cc(C(=O)N2CCC(N3CCNCC3)C2)nc2c1c(=O)n(C)c(=O)n2C.Cl.Cl. The number of halogens is 2. The van der Waals surface area contributed by atoms with Gasteiger partial charge in [-0.25, -0.2) is 9.78 Å². The van der Waals surface area contributed by atoms with Crippen LogP contribution < -0.4 is 16.6 Å². The van der Waals surface area contributed by atoms with Crippen LogP contribution in [0.25, 0.3) is 11.0 Å². The van der Waals surface area contributed by atoms with E-state index in [1.54, 1.807) is 20.0 Å². The summed E-state index contributed by atoms with van der Waals surface area (Å²) in [5.74, 6) is -0.143. The summed E-state index contributed by atoms with van der Waals surface area (Å²) in [7, 11) is 3.02. The minimum Gasteiger partial charge on any atom is -0.336 e. The van der Waals surface area contributed by atoms with Crippen molar-refractivity contribution < 1.29 is 4.79 Å². The maximum Gasteiger partial charge on any atom is 0.332 e. The minimum atomic E-state index is -0.450. The summed E-state index contributed by atoms with van der Waals surface area (Å²) in [5.41, 5.74) is 0.363. The molecule has 1 amide bonds. The smallest absolute Gasteiger partial charge is 0.332 e. The lowest BCUT2D eigenvalue weighted by Gasteiger charge is -2.32. The lowest BCUT2D eigenvalue weighted by atomic mass is 10.1. The van der Waals surface area contributed by atoms with Gasteiger partial charge < -0.3 is 10.2 Å². The molecular formula is C19H28Cl2N6O3. The maximum atomic E-state index is 13.1. The van der Waals surface area contributed by atoms with E-state index in [1.807, 2.05) is 4.90 Å². The topological polar surface area (TPSA) is 92.5 Å². The molecule has 1 N–H and O–H groups in total. The summed E-state index contributed by atoms with van der Waals surface area (Å²) in [5, 5.41) is 3.73. The molecule has 2 saturated heterocycles. The van der Waals surface area contributed by atoms with E-state index in [4.69, 9.17) is 0 Å². The van der Waals surface area contributed by atoms with Gasteiger partial charge >= 0.3 is 5.69 Å². The molecule has 4 heterocycles. The van der Waals surface area contributed by atoms with Crippen LogP contribution in [0.15, 0.2) is 15.7 Å². The molecule has 0 bridgehead atoms. The van der Waals surface area contributed by atoms with Gasteiger partial charge in [-0.05, 0) is 25.0 Å². The summed E-state index contributed by atoms with van der Waals surface area (Å²) in [6.45, 7) is 7.14. The first-order valence-corrected chi connectivity index (χ1v) is 9.70. The van der Waals surface area contributed by atoms with Gasteiger partial charge in [0.2, 0.25) is 0 Å². The average molecular weight is 459 g/mol. The van der Waals surface area contributed by atoms with E-state index < -0.39 is 5.69 Å². The Bertz CT molecular complexity index is 1060. The van der Waals surface area contributed by atoms with Crippen molar-refractivity contribution in [1.82, 2.24) is 29.2 Å². The first-order valence-electron chi connectivity index (χ1n) is 9.70. The molecular weight excluding hydrogens is 431 g/mol. The van der Waals surface area contributed by atoms with Gasteiger partial charge in [-0.3, -0.25) is 23.6 Å². The third-order valence-electron chi connectivity index (χ3n) is 5.95. The largest absolute Gasteiger partial charge is 0.336 e. The highest BCUT2D eigenvalue weighted by molar-refractivity contribution is 5.95. The summed E-state index contributed by atoms with van der Waals surface area (Å²) in [4.78, 5) is 46.5. The van der Waals surface area contributed by atoms with E-state index in [9.17, 15) is 14.4 Å². The zero-order valence-electron chi connectivity index (χ0n) is 17.4. The van der Waals surface area contributed by atoms with Gasteiger partial charge in [-0.15, -0.1) is 24.8 Å². The molecule has 1 unspecified atom stereocenters. The van der Waals surface area contributed by atoms with Gasteiger partial charge in [0, 0.05) is 59.4 Å². The quantitative estimate of drug-likeness (QED) is 0.675. The Morgan fingerprint density at radius 2 is 1.77 bits per heavy atom. The highest BCUT2D eigenvalue weighted by Gasteiger charge is 2.32. The second-order valence-corrected chi connectivity index (χ2v) is 7.71. The summed E-state index contributed by atoms with van der Waals surface area (Å²) >= 11 is 0. The van der Waals surface area contributed by atoms with Crippen LogP contribution in [-0.2, 0) is 14.1 Å². The van der Waals surface area contributed by atoms with Crippen LogP contribution >= 0.6 is 24.8 Å². The number of pyridine rings is 1. The number of rotatable bonds is 2. The standard InChI is InChI=1S/C19H26N6O3.2ClH/c1-12-10-14(21-16-15(12)18(27)23(3)19(28)22(16)2)17(26)25-7-4-13(11-25)24-8-5-20-6-9-24;;/h10,13,20H,4-9,11H2,1-3H3;2*1H. The fraction of sp³-hybridized carbons (Fsp3) is 0.579. The number of aryl methyl sites for hydroxylation is 2. The molecule has 2 aromatic heterocycles. The molecule has 0 aliphatic carbocycles. The van der Waals surface area contributed by atoms with Gasteiger partial charge in [-0.2, -0.15) is 0 Å². The third kappa shape index (κ3) is 4.12. The lowest BCUT2D eigenvalue weighted by Crippen LogP contribution is -2.49. The van der Waals surface area contributed by atoms with Crippen LogP contribution in [-0.4, -0.2) is 75.1 Å². The van der Waals surface area contributed by atoms with Gasteiger partial charge in [0.15, 0.2) is 0 Å². The van der Waals surface area contributed by atoms with Gasteiger partial charge in [0.25, 0.3) is 11.5 Å². The van der Waals surface area contributed by atoms with E-state index in [2.05, 4.69) is 15.2 Å². The fourth-order valence-corrected chi connectivity index (χ4v) is 4.28. The number of aromatic nitrogens is 3. The Kier molecular flexibility index (Phi) is 7.68. The predicted octanol–water partition coefficient (Wildman–Crippen LogP) is -0.0961. The van der Waals surface area contributed by atoms with E-state index in [0.29, 0.717) is 30.1 Å². The molecule has 30 heavy (non-hydrogen) atoms. The van der Waals surface area contributed by atoms with Crippen LogP contribution in [0.5, 0.6) is 0 Å². The number of hydrogen-bond acceptors (Lipinski definition) is 6. The van der Waals surface area contributed by atoms with Crippen LogP contribution in [0.1, 0.15) is 22.5 Å². The fourth-order valence-electron chi connectivity index (χ4n) is 4.28. The van der Waals surface area contributed by atoms with E-state index in [0.717, 1.165) is 37.2 Å². The van der Waals surface area contributed by atoms with E-state index in [1.165, 1.54) is 11.6 Å². The van der Waals surface area contributed by atoms with Crippen molar-refractivity contribution in [3.8, 4) is 0 Å². The van der Waals surface area contributed by atoms with E-state index >= 15 is 0 Å². The van der Waals surface area contributed by atoms with Crippen molar-refractivity contribution in [2.75, 3.05) is 39.3 Å². The molecule has 0 radical (unpaired) electrons. The minimum absolute atomic E-state index is 0. The number of nitrogens with one attached hydrogen (secondary N) is 1. The van der Waals surface area contributed by atoms with Crippen LogP contribution in [0.4, 0.5) is 0 Å². The molecule has 2 aliphatic rings. The Hall–Kier alpha value is -1.94. The van der Waals surface area contributed by atoms with Crippen molar-refractivity contribution in [2.45, 2.75) is 19.4 Å². The number of amides is 1. The zero-order valence-corrected chi connectivity index (χ0v) is 19.0. The van der Waals surface area contributed by atoms with Crippen molar-refractivity contribution in [3.63, 3.8) is 0 Å². The number of fused-ring (bicyclic) bond motifs is 1. The van der Waals surface area contributed by atoms with Gasteiger partial charge in [0.1, 0.15) is 11.3 Å². The molecule has 0 aromatic carbocycles. The molecule has 1 atom stereocenters. The van der Waals surface area contributed by atoms with Crippen molar-refractivity contribution >= 4 is 41.8 Å². The summed E-state index contributed by atoms with van der Waals surface area (Å²) in [6, 6.07) is 2.04.